The van der Waals surface area contributed by atoms with Crippen molar-refractivity contribution in [2.24, 2.45) is 17.4 Å². The van der Waals surface area contributed by atoms with Gasteiger partial charge in [-0.25, -0.2) is 0 Å². The van der Waals surface area contributed by atoms with E-state index in [4.69, 9.17) is 11.5 Å². The summed E-state index contributed by atoms with van der Waals surface area (Å²) in [4.78, 5) is 39.1. The molecule has 7 nitrogen and oxygen atoms in total. The molecule has 0 aromatic heterocycles. The molecular weight excluding hydrogens is 308 g/mol. The Hall–Kier alpha value is -2.41. The zero-order valence-corrected chi connectivity index (χ0v) is 13.7. The van der Waals surface area contributed by atoms with Gasteiger partial charge in [0, 0.05) is 30.9 Å². The number of carbonyl (C=O) groups is 3. The number of hydrogen-bond donors (Lipinski definition) is 2. The first-order chi connectivity index (χ1) is 11.4. The summed E-state index contributed by atoms with van der Waals surface area (Å²) in [7, 11) is 0. The van der Waals surface area contributed by atoms with E-state index in [0.717, 1.165) is 17.7 Å². The van der Waals surface area contributed by atoms with Crippen LogP contribution in [0.3, 0.4) is 0 Å². The molecule has 24 heavy (non-hydrogen) atoms. The Labute approximate surface area is 140 Å². The molecule has 0 saturated carbocycles. The van der Waals surface area contributed by atoms with Gasteiger partial charge in [-0.3, -0.25) is 14.4 Å². The summed E-state index contributed by atoms with van der Waals surface area (Å²) in [6, 6.07) is 4.62. The molecule has 1 aromatic carbocycles. The predicted molar refractivity (Wildman–Crippen MR) is 89.4 cm³/mol. The second-order valence-electron chi connectivity index (χ2n) is 6.62. The van der Waals surface area contributed by atoms with Gasteiger partial charge in [-0.05, 0) is 43.0 Å². The lowest BCUT2D eigenvalue weighted by atomic mass is 10.1. The van der Waals surface area contributed by atoms with E-state index in [9.17, 15) is 14.4 Å². The number of primary amides is 1. The quantitative estimate of drug-likeness (QED) is 0.801. The van der Waals surface area contributed by atoms with Gasteiger partial charge in [-0.15, -0.1) is 0 Å². The highest BCUT2D eigenvalue weighted by atomic mass is 16.2. The highest BCUT2D eigenvalue weighted by Gasteiger charge is 2.33. The molecule has 1 saturated heterocycles. The second kappa shape index (κ2) is 6.24. The smallest absolute Gasteiger partial charge is 0.248 e. The molecule has 0 spiro atoms. The van der Waals surface area contributed by atoms with Crippen molar-refractivity contribution in [2.75, 3.05) is 24.5 Å². The summed E-state index contributed by atoms with van der Waals surface area (Å²) in [6.45, 7) is 3.57. The molecule has 7 heteroatoms. The third kappa shape index (κ3) is 2.99. The second-order valence-corrected chi connectivity index (χ2v) is 6.62. The predicted octanol–water partition coefficient (Wildman–Crippen LogP) is -0.130. The SMILES string of the molecule is C[C@@H](N)C(=O)N1CC[C@H](CN2C(=O)Cc3cc(C(N)=O)ccc32)C1. The first-order valence-corrected chi connectivity index (χ1v) is 8.14. The molecule has 2 atom stereocenters. The largest absolute Gasteiger partial charge is 0.366 e. The van der Waals surface area contributed by atoms with Gasteiger partial charge in [-0.1, -0.05) is 0 Å². The minimum atomic E-state index is -0.496. The number of likely N-dealkylation sites (tertiary alicyclic amines) is 1. The van der Waals surface area contributed by atoms with Gasteiger partial charge < -0.3 is 21.3 Å². The van der Waals surface area contributed by atoms with E-state index in [1.54, 1.807) is 34.9 Å². The number of amides is 3. The van der Waals surface area contributed by atoms with Gasteiger partial charge in [0.1, 0.15) is 0 Å². The standard InChI is InChI=1S/C17H22N4O3/c1-10(18)17(24)20-5-4-11(8-20)9-21-14-3-2-12(16(19)23)6-13(14)7-15(21)22/h2-3,6,10-11H,4-5,7-9,18H2,1H3,(H2,19,23)/t10-,11+/m1/s1. The number of nitrogens with two attached hydrogens (primary N) is 2. The van der Waals surface area contributed by atoms with Crippen LogP contribution in [0, 0.1) is 5.92 Å². The summed E-state index contributed by atoms with van der Waals surface area (Å²) in [6.07, 6.45) is 1.14. The Kier molecular flexibility index (Phi) is 4.28. The fraction of sp³-hybridized carbons (Fsp3) is 0.471. The maximum atomic E-state index is 12.3. The summed E-state index contributed by atoms with van der Waals surface area (Å²) < 4.78 is 0. The number of hydrogen-bond acceptors (Lipinski definition) is 4. The van der Waals surface area contributed by atoms with Crippen molar-refractivity contribution in [1.29, 1.82) is 0 Å². The molecule has 0 aliphatic carbocycles. The van der Waals surface area contributed by atoms with Gasteiger partial charge in [0.2, 0.25) is 17.7 Å². The number of anilines is 1. The van der Waals surface area contributed by atoms with Crippen molar-refractivity contribution in [1.82, 2.24) is 4.90 Å². The van der Waals surface area contributed by atoms with E-state index < -0.39 is 11.9 Å². The van der Waals surface area contributed by atoms with Crippen LogP contribution < -0.4 is 16.4 Å². The molecule has 128 valence electrons. The molecule has 0 bridgehead atoms. The molecule has 2 aliphatic rings. The lowest BCUT2D eigenvalue weighted by molar-refractivity contribution is -0.131. The molecule has 1 aromatic rings. The van der Waals surface area contributed by atoms with Crippen LogP contribution in [0.5, 0.6) is 0 Å². The van der Waals surface area contributed by atoms with Crippen molar-refractivity contribution >= 4 is 23.4 Å². The first-order valence-electron chi connectivity index (χ1n) is 8.14. The summed E-state index contributed by atoms with van der Waals surface area (Å²) in [5, 5.41) is 0. The van der Waals surface area contributed by atoms with Crippen LogP contribution in [0.15, 0.2) is 18.2 Å². The van der Waals surface area contributed by atoms with Crippen LogP contribution in [0.1, 0.15) is 29.3 Å². The Bertz CT molecular complexity index is 701. The van der Waals surface area contributed by atoms with E-state index >= 15 is 0 Å². The molecule has 3 rings (SSSR count). The molecular formula is C17H22N4O3. The van der Waals surface area contributed by atoms with E-state index in [-0.39, 0.29) is 24.2 Å². The van der Waals surface area contributed by atoms with E-state index in [1.165, 1.54) is 0 Å². The fourth-order valence-corrected chi connectivity index (χ4v) is 3.46. The molecule has 2 heterocycles. The molecule has 4 N–H and O–H groups in total. The Morgan fingerprint density at radius 3 is 2.79 bits per heavy atom. The number of benzene rings is 1. The summed E-state index contributed by atoms with van der Waals surface area (Å²) >= 11 is 0. The lowest BCUT2D eigenvalue weighted by Crippen LogP contribution is -2.41. The van der Waals surface area contributed by atoms with Gasteiger partial charge >= 0.3 is 0 Å². The fourth-order valence-electron chi connectivity index (χ4n) is 3.46. The van der Waals surface area contributed by atoms with Gasteiger partial charge in [0.05, 0.1) is 12.5 Å². The van der Waals surface area contributed by atoms with Crippen molar-refractivity contribution in [3.8, 4) is 0 Å². The van der Waals surface area contributed by atoms with Gasteiger partial charge in [-0.2, -0.15) is 0 Å². The Morgan fingerprint density at radius 2 is 2.12 bits per heavy atom. The zero-order valence-electron chi connectivity index (χ0n) is 13.7. The van der Waals surface area contributed by atoms with Crippen LogP contribution in [0.4, 0.5) is 5.69 Å². The molecule has 3 amide bonds. The van der Waals surface area contributed by atoms with Crippen LogP contribution in [0.2, 0.25) is 0 Å². The normalized spacial score (nSPS) is 21.1. The number of carbonyl (C=O) groups excluding carboxylic acids is 3. The molecule has 0 unspecified atom stereocenters. The van der Waals surface area contributed by atoms with Gasteiger partial charge in [0.15, 0.2) is 0 Å². The van der Waals surface area contributed by atoms with Crippen molar-refractivity contribution in [2.45, 2.75) is 25.8 Å². The van der Waals surface area contributed by atoms with Crippen LogP contribution in [-0.4, -0.2) is 48.3 Å². The first kappa shape index (κ1) is 16.4. The zero-order chi connectivity index (χ0) is 17.4. The average Bonchev–Trinajstić information content (AvgIpc) is 3.11. The summed E-state index contributed by atoms with van der Waals surface area (Å²) in [5.74, 6) is -0.289. The average molecular weight is 330 g/mol. The molecule has 2 aliphatic heterocycles. The Morgan fingerprint density at radius 1 is 1.38 bits per heavy atom. The van der Waals surface area contributed by atoms with Crippen LogP contribution in [-0.2, 0) is 16.0 Å². The summed E-state index contributed by atoms with van der Waals surface area (Å²) in [5.41, 5.74) is 13.0. The topological polar surface area (TPSA) is 110 Å². The van der Waals surface area contributed by atoms with E-state index in [0.29, 0.717) is 25.2 Å². The Balaban J connectivity index is 1.70. The van der Waals surface area contributed by atoms with Crippen LogP contribution >= 0.6 is 0 Å². The number of fused-ring (bicyclic) bond motifs is 1. The van der Waals surface area contributed by atoms with Crippen molar-refractivity contribution in [3.05, 3.63) is 29.3 Å². The maximum Gasteiger partial charge on any atom is 0.248 e. The monoisotopic (exact) mass is 330 g/mol. The van der Waals surface area contributed by atoms with E-state index in [2.05, 4.69) is 0 Å². The number of nitrogens with zero attached hydrogens (tertiary/aromatic N) is 2. The van der Waals surface area contributed by atoms with Gasteiger partial charge in [0.25, 0.3) is 0 Å². The van der Waals surface area contributed by atoms with E-state index in [1.807, 2.05) is 0 Å². The minimum Gasteiger partial charge on any atom is -0.366 e. The molecule has 0 radical (unpaired) electrons. The highest BCUT2D eigenvalue weighted by Crippen LogP contribution is 2.31. The number of rotatable bonds is 4. The third-order valence-corrected chi connectivity index (χ3v) is 4.73. The minimum absolute atomic E-state index is 0.0172. The maximum absolute atomic E-state index is 12.3. The third-order valence-electron chi connectivity index (χ3n) is 4.73. The van der Waals surface area contributed by atoms with Crippen LogP contribution in [0.25, 0.3) is 0 Å². The highest BCUT2D eigenvalue weighted by molar-refractivity contribution is 6.03. The molecule has 1 fully saturated rings. The van der Waals surface area contributed by atoms with Crippen molar-refractivity contribution in [3.63, 3.8) is 0 Å². The lowest BCUT2D eigenvalue weighted by Gasteiger charge is -2.23. The van der Waals surface area contributed by atoms with Crippen molar-refractivity contribution < 1.29 is 14.4 Å².